The van der Waals surface area contributed by atoms with E-state index in [1.54, 1.807) is 0 Å². The standard InChI is InChI=1S/C15H21BrN2O/c1-9(17)10-2-4-14(13(16)6-10)18-7-11-3-5-15(19)12(11)8-18/h2,4,6,9,11-12,15,19H,3,5,7-8,17H2,1H3/t9-,11?,12?,15?/m0/s1. The zero-order chi connectivity index (χ0) is 13.6. The maximum Gasteiger partial charge on any atom is 0.0588 e. The highest BCUT2D eigenvalue weighted by atomic mass is 79.9. The predicted molar refractivity (Wildman–Crippen MR) is 81.2 cm³/mol. The number of aliphatic hydroxyl groups is 1. The molecule has 4 heteroatoms. The summed E-state index contributed by atoms with van der Waals surface area (Å²) in [4.78, 5) is 2.40. The molecule has 0 bridgehead atoms. The zero-order valence-electron chi connectivity index (χ0n) is 11.2. The van der Waals surface area contributed by atoms with E-state index in [1.807, 2.05) is 6.92 Å². The van der Waals surface area contributed by atoms with Gasteiger partial charge in [-0.15, -0.1) is 0 Å². The summed E-state index contributed by atoms with van der Waals surface area (Å²) >= 11 is 3.66. The van der Waals surface area contributed by atoms with Crippen LogP contribution in [0.2, 0.25) is 0 Å². The van der Waals surface area contributed by atoms with Crippen molar-refractivity contribution >= 4 is 21.6 Å². The summed E-state index contributed by atoms with van der Waals surface area (Å²) in [6, 6.07) is 6.43. The molecular formula is C15H21BrN2O. The fraction of sp³-hybridized carbons (Fsp3) is 0.600. The second kappa shape index (κ2) is 5.08. The first kappa shape index (κ1) is 13.4. The quantitative estimate of drug-likeness (QED) is 0.879. The Bertz CT molecular complexity index is 477. The van der Waals surface area contributed by atoms with Crippen LogP contribution in [-0.2, 0) is 0 Å². The number of halogens is 1. The summed E-state index contributed by atoms with van der Waals surface area (Å²) in [7, 11) is 0. The molecule has 1 aliphatic heterocycles. The molecule has 0 spiro atoms. The third-order valence-corrected chi connectivity index (χ3v) is 5.29. The van der Waals surface area contributed by atoms with Crippen molar-refractivity contribution < 1.29 is 5.11 Å². The van der Waals surface area contributed by atoms with Crippen molar-refractivity contribution in [1.82, 2.24) is 0 Å². The van der Waals surface area contributed by atoms with Gasteiger partial charge in [-0.1, -0.05) is 6.07 Å². The zero-order valence-corrected chi connectivity index (χ0v) is 12.8. The summed E-state index contributed by atoms with van der Waals surface area (Å²) < 4.78 is 1.11. The van der Waals surface area contributed by atoms with Crippen molar-refractivity contribution in [2.45, 2.75) is 31.9 Å². The molecule has 0 aromatic heterocycles. The van der Waals surface area contributed by atoms with Crippen LogP contribution in [0.5, 0.6) is 0 Å². The Balaban J connectivity index is 1.80. The highest BCUT2D eigenvalue weighted by Crippen LogP contribution is 2.41. The molecule has 19 heavy (non-hydrogen) atoms. The van der Waals surface area contributed by atoms with Crippen molar-refractivity contribution in [3.63, 3.8) is 0 Å². The van der Waals surface area contributed by atoms with Crippen LogP contribution in [0.1, 0.15) is 31.4 Å². The summed E-state index contributed by atoms with van der Waals surface area (Å²) in [6.07, 6.45) is 2.04. The summed E-state index contributed by atoms with van der Waals surface area (Å²) in [5.74, 6) is 1.12. The lowest BCUT2D eigenvalue weighted by Gasteiger charge is -2.22. The van der Waals surface area contributed by atoms with Crippen molar-refractivity contribution in [1.29, 1.82) is 0 Å². The average molecular weight is 325 g/mol. The van der Waals surface area contributed by atoms with Crippen LogP contribution in [0, 0.1) is 11.8 Å². The molecule has 104 valence electrons. The highest BCUT2D eigenvalue weighted by molar-refractivity contribution is 9.10. The maximum atomic E-state index is 10.00. The molecule has 1 aromatic carbocycles. The molecule has 1 saturated carbocycles. The number of fused-ring (bicyclic) bond motifs is 1. The topological polar surface area (TPSA) is 49.5 Å². The minimum absolute atomic E-state index is 0.0603. The van der Waals surface area contributed by atoms with Gasteiger partial charge in [0.05, 0.1) is 11.8 Å². The van der Waals surface area contributed by atoms with Crippen LogP contribution in [0.25, 0.3) is 0 Å². The largest absolute Gasteiger partial charge is 0.393 e. The normalized spacial score (nSPS) is 31.6. The predicted octanol–water partition coefficient (Wildman–Crippen LogP) is 2.68. The van der Waals surface area contributed by atoms with Crippen molar-refractivity contribution in [3.8, 4) is 0 Å². The van der Waals surface area contributed by atoms with Crippen LogP contribution < -0.4 is 10.6 Å². The van der Waals surface area contributed by atoms with E-state index in [2.05, 4.69) is 39.0 Å². The van der Waals surface area contributed by atoms with Gasteiger partial charge in [-0.3, -0.25) is 0 Å². The van der Waals surface area contributed by atoms with Crippen molar-refractivity contribution in [3.05, 3.63) is 28.2 Å². The van der Waals surface area contributed by atoms with Gasteiger partial charge in [0, 0.05) is 29.5 Å². The Labute approximate surface area is 122 Å². The van der Waals surface area contributed by atoms with E-state index in [9.17, 15) is 5.11 Å². The summed E-state index contributed by atoms with van der Waals surface area (Å²) in [5.41, 5.74) is 8.29. The fourth-order valence-corrected chi connectivity index (χ4v) is 4.14. The number of hydrogen-bond donors (Lipinski definition) is 2. The number of rotatable bonds is 2. The molecule has 1 aliphatic carbocycles. The average Bonchev–Trinajstić information content (AvgIpc) is 2.92. The molecule has 2 aliphatic rings. The first-order chi connectivity index (χ1) is 9.06. The lowest BCUT2D eigenvalue weighted by molar-refractivity contribution is 0.133. The lowest BCUT2D eigenvalue weighted by Crippen LogP contribution is -2.24. The minimum atomic E-state index is -0.0999. The molecule has 3 nitrogen and oxygen atoms in total. The molecule has 2 fully saturated rings. The second-order valence-electron chi connectivity index (χ2n) is 5.97. The molecule has 3 unspecified atom stereocenters. The van der Waals surface area contributed by atoms with Gasteiger partial charge in [0.15, 0.2) is 0 Å². The van der Waals surface area contributed by atoms with E-state index in [0.29, 0.717) is 11.8 Å². The van der Waals surface area contributed by atoms with Gasteiger partial charge in [0.2, 0.25) is 0 Å². The van der Waals surface area contributed by atoms with Gasteiger partial charge in [0.1, 0.15) is 0 Å². The number of nitrogens with zero attached hydrogens (tertiary/aromatic N) is 1. The van der Waals surface area contributed by atoms with Gasteiger partial charge in [-0.2, -0.15) is 0 Å². The first-order valence-corrected chi connectivity index (χ1v) is 7.83. The van der Waals surface area contributed by atoms with Gasteiger partial charge < -0.3 is 15.7 Å². The van der Waals surface area contributed by atoms with E-state index >= 15 is 0 Å². The number of benzene rings is 1. The molecule has 1 heterocycles. The van der Waals surface area contributed by atoms with Crippen LogP contribution in [0.15, 0.2) is 22.7 Å². The van der Waals surface area contributed by atoms with Gasteiger partial charge >= 0.3 is 0 Å². The third-order valence-electron chi connectivity index (χ3n) is 4.66. The van der Waals surface area contributed by atoms with E-state index in [-0.39, 0.29) is 12.1 Å². The first-order valence-electron chi connectivity index (χ1n) is 7.04. The van der Waals surface area contributed by atoms with E-state index in [4.69, 9.17) is 5.73 Å². The Kier molecular flexibility index (Phi) is 3.58. The molecule has 1 saturated heterocycles. The second-order valence-corrected chi connectivity index (χ2v) is 6.83. The fourth-order valence-electron chi connectivity index (χ4n) is 3.50. The Hall–Kier alpha value is -0.580. The van der Waals surface area contributed by atoms with E-state index in [1.165, 1.54) is 5.69 Å². The van der Waals surface area contributed by atoms with E-state index < -0.39 is 0 Å². The van der Waals surface area contributed by atoms with Crippen LogP contribution in [0.3, 0.4) is 0 Å². The van der Waals surface area contributed by atoms with Gasteiger partial charge in [-0.25, -0.2) is 0 Å². The summed E-state index contributed by atoms with van der Waals surface area (Å²) in [6.45, 7) is 4.04. The summed E-state index contributed by atoms with van der Waals surface area (Å²) in [5, 5.41) is 10.00. The van der Waals surface area contributed by atoms with Crippen LogP contribution >= 0.6 is 15.9 Å². The Morgan fingerprint density at radius 1 is 1.37 bits per heavy atom. The molecule has 3 N–H and O–H groups in total. The molecule has 3 rings (SSSR count). The van der Waals surface area contributed by atoms with Crippen molar-refractivity contribution in [2.24, 2.45) is 17.6 Å². The molecule has 1 aromatic rings. The van der Waals surface area contributed by atoms with Gasteiger partial charge in [0.25, 0.3) is 0 Å². The van der Waals surface area contributed by atoms with Crippen molar-refractivity contribution in [2.75, 3.05) is 18.0 Å². The number of nitrogens with two attached hydrogens (primary N) is 1. The smallest absolute Gasteiger partial charge is 0.0588 e. The number of anilines is 1. The molecule has 0 amide bonds. The molecule has 0 radical (unpaired) electrons. The van der Waals surface area contributed by atoms with E-state index in [0.717, 1.165) is 36.0 Å². The minimum Gasteiger partial charge on any atom is -0.393 e. The maximum absolute atomic E-state index is 10.00. The van der Waals surface area contributed by atoms with Gasteiger partial charge in [-0.05, 0) is 59.3 Å². The number of hydrogen-bond acceptors (Lipinski definition) is 3. The Morgan fingerprint density at radius 3 is 2.79 bits per heavy atom. The number of aliphatic hydroxyl groups excluding tert-OH is 1. The SMILES string of the molecule is C[C@H](N)c1ccc(N2CC3CCC(O)C3C2)c(Br)c1. The highest BCUT2D eigenvalue weighted by Gasteiger charge is 2.42. The third kappa shape index (κ3) is 2.41. The van der Waals surface area contributed by atoms with Crippen LogP contribution in [0.4, 0.5) is 5.69 Å². The van der Waals surface area contributed by atoms with Crippen LogP contribution in [-0.4, -0.2) is 24.3 Å². The molecular weight excluding hydrogens is 304 g/mol. The Morgan fingerprint density at radius 2 is 2.16 bits per heavy atom. The lowest BCUT2D eigenvalue weighted by atomic mass is 10.00. The molecule has 4 atom stereocenters. The monoisotopic (exact) mass is 324 g/mol.